The van der Waals surface area contributed by atoms with Crippen molar-refractivity contribution in [3.63, 3.8) is 0 Å². The molecule has 154 valence electrons. The molecule has 1 aliphatic heterocycles. The molecule has 0 spiro atoms. The van der Waals surface area contributed by atoms with Gasteiger partial charge in [-0.15, -0.1) is 0 Å². The van der Waals surface area contributed by atoms with E-state index >= 15 is 0 Å². The number of amides is 1. The second kappa shape index (κ2) is 17.8. The van der Waals surface area contributed by atoms with Gasteiger partial charge in [-0.05, 0) is 19.4 Å². The number of nitrogens with one attached hydrogen (secondary N) is 1. The third-order valence-electron chi connectivity index (χ3n) is 5.68. The van der Waals surface area contributed by atoms with Crippen molar-refractivity contribution in [3.05, 3.63) is 0 Å². The van der Waals surface area contributed by atoms with Crippen LogP contribution < -0.4 is 5.32 Å². The molecule has 0 aliphatic carbocycles. The van der Waals surface area contributed by atoms with Crippen molar-refractivity contribution in [2.75, 3.05) is 19.8 Å². The zero-order valence-corrected chi connectivity index (χ0v) is 17.7. The molecule has 0 aromatic rings. The van der Waals surface area contributed by atoms with Crippen molar-refractivity contribution < 1.29 is 4.79 Å². The number of unbranched alkanes of at least 4 members (excludes halogenated alkanes) is 15. The molecule has 1 rings (SSSR count). The van der Waals surface area contributed by atoms with Crippen LogP contribution in [0.4, 0.5) is 0 Å². The Kier molecular flexibility index (Phi) is 16.1. The molecule has 0 bridgehead atoms. The number of nitrogens with zero attached hydrogens (tertiary/aromatic N) is 1. The average molecular weight is 367 g/mol. The second-order valence-electron chi connectivity index (χ2n) is 8.22. The molecule has 0 atom stereocenters. The van der Waals surface area contributed by atoms with Gasteiger partial charge in [0.2, 0.25) is 5.91 Å². The Morgan fingerprint density at radius 3 is 1.62 bits per heavy atom. The Labute approximate surface area is 163 Å². The van der Waals surface area contributed by atoms with Gasteiger partial charge in [-0.3, -0.25) is 10.1 Å². The topological polar surface area (TPSA) is 32.3 Å². The van der Waals surface area contributed by atoms with Gasteiger partial charge in [-0.1, -0.05) is 103 Å². The monoisotopic (exact) mass is 366 g/mol. The van der Waals surface area contributed by atoms with E-state index in [1.165, 1.54) is 103 Å². The molecule has 0 radical (unpaired) electrons. The Morgan fingerprint density at radius 1 is 0.731 bits per heavy atom. The van der Waals surface area contributed by atoms with E-state index in [1.54, 1.807) is 0 Å². The van der Waals surface area contributed by atoms with Crippen molar-refractivity contribution in [1.82, 2.24) is 10.2 Å². The van der Waals surface area contributed by atoms with Crippen LogP contribution in [0, 0.1) is 0 Å². The van der Waals surface area contributed by atoms with Crippen LogP contribution in [-0.4, -0.2) is 30.6 Å². The lowest BCUT2D eigenvalue weighted by atomic mass is 10.0. The van der Waals surface area contributed by atoms with Crippen molar-refractivity contribution >= 4 is 5.91 Å². The fraction of sp³-hybridized carbons (Fsp3) is 0.957. The van der Waals surface area contributed by atoms with Gasteiger partial charge in [0.15, 0.2) is 0 Å². The van der Waals surface area contributed by atoms with E-state index in [2.05, 4.69) is 12.2 Å². The quantitative estimate of drug-likeness (QED) is 0.268. The zero-order chi connectivity index (χ0) is 18.7. The summed E-state index contributed by atoms with van der Waals surface area (Å²) in [5.41, 5.74) is 0. The van der Waals surface area contributed by atoms with Crippen LogP contribution in [0.2, 0.25) is 0 Å². The Balaban J connectivity index is 1.66. The smallest absolute Gasteiger partial charge is 0.223 e. The minimum Gasteiger partial charge on any atom is -0.330 e. The highest BCUT2D eigenvalue weighted by Gasteiger charge is 2.18. The molecule has 0 aromatic heterocycles. The molecule has 3 nitrogen and oxygen atoms in total. The highest BCUT2D eigenvalue weighted by molar-refractivity contribution is 5.77. The fourth-order valence-electron chi connectivity index (χ4n) is 3.88. The molecule has 0 aromatic carbocycles. The first-order valence-electron chi connectivity index (χ1n) is 11.8. The summed E-state index contributed by atoms with van der Waals surface area (Å²) >= 11 is 0. The van der Waals surface area contributed by atoms with E-state index in [0.29, 0.717) is 5.91 Å². The summed E-state index contributed by atoms with van der Waals surface area (Å²) in [6, 6.07) is 0. The van der Waals surface area contributed by atoms with Crippen LogP contribution in [0.3, 0.4) is 0 Å². The van der Waals surface area contributed by atoms with E-state index < -0.39 is 0 Å². The second-order valence-corrected chi connectivity index (χ2v) is 8.22. The Morgan fingerprint density at radius 2 is 1.19 bits per heavy atom. The fourth-order valence-corrected chi connectivity index (χ4v) is 3.88. The number of carbonyl (C=O) groups is 1. The lowest BCUT2D eigenvalue weighted by Crippen LogP contribution is -2.35. The maximum Gasteiger partial charge on any atom is 0.223 e. The first-order valence-corrected chi connectivity index (χ1v) is 11.8. The maximum absolute atomic E-state index is 11.5. The minimum atomic E-state index is 0.324. The number of carbonyl (C=O) groups excluding carboxylic acids is 1. The van der Waals surface area contributed by atoms with E-state index in [0.717, 1.165) is 32.6 Å². The molecule has 1 heterocycles. The first-order chi connectivity index (χ1) is 12.8. The third-order valence-corrected chi connectivity index (χ3v) is 5.68. The SMILES string of the molecule is CCCCCCCCCCCCCCCCCCNCN1CCCC1=O. The van der Waals surface area contributed by atoms with Gasteiger partial charge in [0.05, 0.1) is 6.67 Å². The summed E-state index contributed by atoms with van der Waals surface area (Å²) < 4.78 is 0. The Bertz CT molecular complexity index is 319. The molecule has 3 heteroatoms. The standard InChI is InChI=1S/C23H46N2O/c1-2-3-4-5-6-7-8-9-10-11-12-13-14-15-16-17-20-24-22-25-21-18-19-23(25)26/h24H,2-22H2,1H3. The molecule has 0 saturated carbocycles. The summed E-state index contributed by atoms with van der Waals surface area (Å²) in [4.78, 5) is 13.4. The number of rotatable bonds is 19. The molecule has 0 unspecified atom stereocenters. The molecule has 1 saturated heterocycles. The average Bonchev–Trinajstić information content (AvgIpc) is 3.05. The van der Waals surface area contributed by atoms with Crippen LogP contribution in [0.5, 0.6) is 0 Å². The van der Waals surface area contributed by atoms with Crippen molar-refractivity contribution in [2.24, 2.45) is 0 Å². The minimum absolute atomic E-state index is 0.324. The molecular formula is C23H46N2O. The zero-order valence-electron chi connectivity index (χ0n) is 17.7. The lowest BCUT2D eigenvalue weighted by Gasteiger charge is -2.16. The molecular weight excluding hydrogens is 320 g/mol. The summed E-state index contributed by atoms with van der Waals surface area (Å²) in [6.07, 6.45) is 24.4. The van der Waals surface area contributed by atoms with Gasteiger partial charge >= 0.3 is 0 Å². The van der Waals surface area contributed by atoms with Gasteiger partial charge in [-0.2, -0.15) is 0 Å². The highest BCUT2D eigenvalue weighted by atomic mass is 16.2. The Hall–Kier alpha value is -0.570. The van der Waals surface area contributed by atoms with Gasteiger partial charge < -0.3 is 4.90 Å². The highest BCUT2D eigenvalue weighted by Crippen LogP contribution is 2.13. The van der Waals surface area contributed by atoms with Gasteiger partial charge in [0, 0.05) is 13.0 Å². The third kappa shape index (κ3) is 13.6. The summed E-state index contributed by atoms with van der Waals surface area (Å²) in [7, 11) is 0. The summed E-state index contributed by atoms with van der Waals surface area (Å²) in [5.74, 6) is 0.324. The predicted octanol–water partition coefficient (Wildman–Crippen LogP) is 6.42. The van der Waals surface area contributed by atoms with E-state index in [9.17, 15) is 4.79 Å². The van der Waals surface area contributed by atoms with Crippen LogP contribution in [0.15, 0.2) is 0 Å². The van der Waals surface area contributed by atoms with Gasteiger partial charge in [-0.25, -0.2) is 0 Å². The van der Waals surface area contributed by atoms with Crippen molar-refractivity contribution in [2.45, 2.75) is 122 Å². The van der Waals surface area contributed by atoms with Crippen molar-refractivity contribution in [3.8, 4) is 0 Å². The number of likely N-dealkylation sites (tertiary alicyclic amines) is 1. The number of hydrogen-bond donors (Lipinski definition) is 1. The largest absolute Gasteiger partial charge is 0.330 e. The van der Waals surface area contributed by atoms with Crippen LogP contribution in [0.1, 0.15) is 122 Å². The number of hydrogen-bond acceptors (Lipinski definition) is 2. The van der Waals surface area contributed by atoms with E-state index in [4.69, 9.17) is 0 Å². The van der Waals surface area contributed by atoms with Crippen LogP contribution >= 0.6 is 0 Å². The maximum atomic E-state index is 11.5. The lowest BCUT2D eigenvalue weighted by molar-refractivity contribution is -0.128. The molecule has 1 N–H and O–H groups in total. The van der Waals surface area contributed by atoms with Crippen molar-refractivity contribution in [1.29, 1.82) is 0 Å². The molecule has 1 fully saturated rings. The van der Waals surface area contributed by atoms with Gasteiger partial charge in [0.25, 0.3) is 0 Å². The molecule has 1 aliphatic rings. The normalized spacial score (nSPS) is 14.5. The first kappa shape index (κ1) is 23.5. The van der Waals surface area contributed by atoms with Gasteiger partial charge in [0.1, 0.15) is 0 Å². The summed E-state index contributed by atoms with van der Waals surface area (Å²) in [6.45, 7) is 5.06. The summed E-state index contributed by atoms with van der Waals surface area (Å²) in [5, 5.41) is 3.41. The van der Waals surface area contributed by atoms with Crippen LogP contribution in [0.25, 0.3) is 0 Å². The van der Waals surface area contributed by atoms with E-state index in [1.807, 2.05) is 4.90 Å². The predicted molar refractivity (Wildman–Crippen MR) is 113 cm³/mol. The van der Waals surface area contributed by atoms with E-state index in [-0.39, 0.29) is 0 Å². The molecule has 1 amide bonds. The van der Waals surface area contributed by atoms with Crippen LogP contribution in [-0.2, 0) is 4.79 Å². The molecule has 26 heavy (non-hydrogen) atoms.